The van der Waals surface area contributed by atoms with Crippen LogP contribution in [-0.2, 0) is 4.74 Å². The maximum absolute atomic E-state index is 10.7. The molecule has 0 radical (unpaired) electrons. The van der Waals surface area contributed by atoms with Gasteiger partial charge in [0.1, 0.15) is 11.6 Å². The molecule has 7 nitrogen and oxygen atoms in total. The predicted octanol–water partition coefficient (Wildman–Crippen LogP) is 1.57. The summed E-state index contributed by atoms with van der Waals surface area (Å²) in [5, 5.41) is 10.8. The van der Waals surface area contributed by atoms with Crippen LogP contribution in [0.15, 0.2) is 18.5 Å². The Kier molecular flexibility index (Phi) is 3.48. The van der Waals surface area contributed by atoms with E-state index in [0.29, 0.717) is 11.2 Å². The molecule has 0 aromatic carbocycles. The van der Waals surface area contributed by atoms with E-state index in [1.807, 2.05) is 6.92 Å². The van der Waals surface area contributed by atoms with E-state index in [9.17, 15) is 5.11 Å². The van der Waals surface area contributed by atoms with Crippen molar-refractivity contribution in [2.45, 2.75) is 32.1 Å². The number of aromatic nitrogens is 4. The van der Waals surface area contributed by atoms with Gasteiger partial charge in [-0.05, 0) is 12.5 Å². The highest BCUT2D eigenvalue weighted by molar-refractivity contribution is 6.33. The Morgan fingerprint density at radius 3 is 3.09 bits per heavy atom. The average molecular weight is 326 g/mol. The van der Waals surface area contributed by atoms with Gasteiger partial charge in [0, 0.05) is 13.9 Å². The number of fused-ring (bicyclic) bond motifs is 1. The zero-order valence-corrected chi connectivity index (χ0v) is 12.9. The first-order valence-corrected chi connectivity index (χ1v) is 7.26. The van der Waals surface area contributed by atoms with E-state index in [2.05, 4.69) is 21.5 Å². The van der Waals surface area contributed by atoms with Crippen molar-refractivity contribution in [1.29, 1.82) is 0 Å². The summed E-state index contributed by atoms with van der Waals surface area (Å²) < 4.78 is 14.5. The first-order chi connectivity index (χ1) is 11.0. The quantitative estimate of drug-likeness (QED) is 0.656. The highest BCUT2D eigenvalue weighted by atomic mass is 35.5. The summed E-state index contributed by atoms with van der Waals surface area (Å²) in [6.07, 6.45) is 0.296. The molecular formula is C14H18ClN5O2. The number of nitrogens with zero attached hydrogens (tertiary/aromatic N) is 4. The van der Waals surface area contributed by atoms with Gasteiger partial charge in [-0.25, -0.2) is 4.98 Å². The van der Waals surface area contributed by atoms with Crippen molar-refractivity contribution in [3.63, 3.8) is 0 Å². The second kappa shape index (κ2) is 5.49. The Balaban J connectivity index is 2.03. The Hall–Kier alpha value is -1.70. The molecule has 4 atom stereocenters. The molecule has 0 bridgehead atoms. The summed E-state index contributed by atoms with van der Waals surface area (Å²) in [6, 6.07) is -0.448. The zero-order valence-electron chi connectivity index (χ0n) is 13.1. The molecule has 22 heavy (non-hydrogen) atoms. The number of imidazole rings is 1. The smallest absolute Gasteiger partial charge is 0.223 e. The van der Waals surface area contributed by atoms with Crippen LogP contribution in [0.25, 0.3) is 11.2 Å². The summed E-state index contributed by atoms with van der Waals surface area (Å²) in [7, 11) is 0. The van der Waals surface area contributed by atoms with Gasteiger partial charge in [0.15, 0.2) is 10.8 Å². The number of anilines is 1. The monoisotopic (exact) mass is 325 g/mol. The van der Waals surface area contributed by atoms with Gasteiger partial charge in [0.2, 0.25) is 5.95 Å². The van der Waals surface area contributed by atoms with Crippen LogP contribution < -0.4 is 5.73 Å². The van der Waals surface area contributed by atoms with Gasteiger partial charge in [-0.3, -0.25) is 0 Å². The lowest BCUT2D eigenvalue weighted by atomic mass is 10.0. The molecule has 1 fully saturated rings. The van der Waals surface area contributed by atoms with E-state index >= 15 is 0 Å². The summed E-state index contributed by atoms with van der Waals surface area (Å²) in [5.74, 6) is -0.0222. The van der Waals surface area contributed by atoms with Crippen LogP contribution in [0.5, 0.6) is 0 Å². The fourth-order valence-electron chi connectivity index (χ4n) is 3.00. The average Bonchev–Trinajstić information content (AvgIpc) is 2.99. The molecule has 1 aliphatic rings. The van der Waals surface area contributed by atoms with Crippen molar-refractivity contribution in [3.8, 4) is 0 Å². The summed E-state index contributed by atoms with van der Waals surface area (Å²) in [4.78, 5) is 12.3. The number of nitrogens with two attached hydrogens (primary N) is 1. The van der Waals surface area contributed by atoms with E-state index < -0.39 is 18.2 Å². The SMILES string of the molecule is [3H]CCO[C@H]1[C@@H](O)[C@H](n2cnc3c(Cl)nc(N)nc32)C(=C)[C@@H]1C. The van der Waals surface area contributed by atoms with E-state index in [1.165, 1.54) is 0 Å². The van der Waals surface area contributed by atoms with Crippen molar-refractivity contribution in [1.82, 2.24) is 19.5 Å². The maximum atomic E-state index is 10.7. The lowest BCUT2D eigenvalue weighted by Gasteiger charge is -2.21. The van der Waals surface area contributed by atoms with E-state index in [1.54, 1.807) is 10.9 Å². The molecule has 0 saturated heterocycles. The van der Waals surface area contributed by atoms with Crippen molar-refractivity contribution < 1.29 is 11.2 Å². The van der Waals surface area contributed by atoms with E-state index in [0.717, 1.165) is 5.57 Å². The number of hydrogen-bond donors (Lipinski definition) is 2. The molecule has 3 N–H and O–H groups in total. The Morgan fingerprint density at radius 2 is 2.36 bits per heavy atom. The van der Waals surface area contributed by atoms with Gasteiger partial charge in [-0.1, -0.05) is 25.1 Å². The van der Waals surface area contributed by atoms with Crippen molar-refractivity contribution in [3.05, 3.63) is 23.6 Å². The number of aliphatic hydroxyl groups excluding tert-OH is 1. The molecule has 2 aromatic rings. The normalized spacial score (nSPS) is 29.2. The van der Waals surface area contributed by atoms with Gasteiger partial charge < -0.3 is 20.1 Å². The molecule has 0 unspecified atom stereocenters. The number of rotatable bonds is 3. The van der Waals surface area contributed by atoms with Crippen LogP contribution in [-0.4, -0.2) is 43.4 Å². The fourth-order valence-corrected chi connectivity index (χ4v) is 3.22. The predicted molar refractivity (Wildman–Crippen MR) is 83.5 cm³/mol. The van der Waals surface area contributed by atoms with Gasteiger partial charge in [-0.15, -0.1) is 0 Å². The lowest BCUT2D eigenvalue weighted by Crippen LogP contribution is -2.31. The van der Waals surface area contributed by atoms with Crippen LogP contribution in [0.4, 0.5) is 5.95 Å². The van der Waals surface area contributed by atoms with Gasteiger partial charge in [0.05, 0.1) is 18.5 Å². The van der Waals surface area contributed by atoms with Crippen LogP contribution in [0, 0.1) is 5.92 Å². The minimum absolute atomic E-state index is 0.0393. The highest BCUT2D eigenvalue weighted by Gasteiger charge is 2.45. The minimum atomic E-state index is -0.823. The Labute approximate surface area is 134 Å². The molecular weight excluding hydrogens is 306 g/mol. The van der Waals surface area contributed by atoms with Crippen molar-refractivity contribution in [2.75, 3.05) is 12.3 Å². The number of hydrogen-bond acceptors (Lipinski definition) is 6. The van der Waals surface area contributed by atoms with E-state index in [4.69, 9.17) is 23.4 Å². The Bertz CT molecular complexity index is 752. The fraction of sp³-hybridized carbons (Fsp3) is 0.500. The first kappa shape index (κ1) is 13.9. The molecule has 0 aliphatic heterocycles. The summed E-state index contributed by atoms with van der Waals surface area (Å²) in [6.45, 7) is 6.43. The topological polar surface area (TPSA) is 99.1 Å². The number of halogens is 1. The summed E-state index contributed by atoms with van der Waals surface area (Å²) >= 11 is 6.04. The van der Waals surface area contributed by atoms with Crippen LogP contribution in [0.1, 0.15) is 21.2 Å². The molecule has 2 aromatic heterocycles. The van der Waals surface area contributed by atoms with E-state index in [-0.39, 0.29) is 30.5 Å². The molecule has 118 valence electrons. The molecule has 8 heteroatoms. The van der Waals surface area contributed by atoms with Gasteiger partial charge >= 0.3 is 0 Å². The highest BCUT2D eigenvalue weighted by Crippen LogP contribution is 2.42. The maximum Gasteiger partial charge on any atom is 0.223 e. The molecule has 2 heterocycles. The van der Waals surface area contributed by atoms with Crippen molar-refractivity contribution in [2.24, 2.45) is 5.92 Å². The van der Waals surface area contributed by atoms with Crippen molar-refractivity contribution >= 4 is 28.7 Å². The minimum Gasteiger partial charge on any atom is -0.388 e. The van der Waals surface area contributed by atoms with Crippen LogP contribution in [0.3, 0.4) is 0 Å². The molecule has 1 saturated carbocycles. The third-order valence-electron chi connectivity index (χ3n) is 4.12. The molecule has 1 aliphatic carbocycles. The van der Waals surface area contributed by atoms with Crippen LogP contribution in [0.2, 0.25) is 5.15 Å². The largest absolute Gasteiger partial charge is 0.388 e. The molecule has 0 amide bonds. The number of ether oxygens (including phenoxy) is 1. The summed E-state index contributed by atoms with van der Waals surface area (Å²) in [5.41, 5.74) is 7.33. The third-order valence-corrected chi connectivity index (χ3v) is 4.39. The molecule has 3 rings (SSSR count). The van der Waals surface area contributed by atoms with Gasteiger partial charge in [0.25, 0.3) is 0 Å². The second-order valence-electron chi connectivity index (χ2n) is 5.33. The lowest BCUT2D eigenvalue weighted by molar-refractivity contribution is -0.0401. The second-order valence-corrected chi connectivity index (χ2v) is 5.69. The van der Waals surface area contributed by atoms with Crippen LogP contribution >= 0.6 is 11.6 Å². The zero-order chi connectivity index (χ0) is 16.7. The number of nitrogen functional groups attached to an aromatic ring is 1. The third kappa shape index (κ3) is 2.16. The molecule has 0 spiro atoms. The first-order valence-electron chi connectivity index (χ1n) is 7.59. The standard InChI is InChI=1S/C14H18ClN5O2/c1-4-22-11-7(3)6(2)9(10(11)21)20-5-17-8-12(15)18-14(16)19-13(8)20/h5,7,9-11,21H,2,4H2,1,3H3,(H2,16,18,19)/t7-,9+,10-,11+/m0/s1/i1T. The Morgan fingerprint density at radius 1 is 1.59 bits per heavy atom. The number of aliphatic hydroxyl groups is 1. The van der Waals surface area contributed by atoms with Gasteiger partial charge in [-0.2, -0.15) is 9.97 Å².